The fourth-order valence-electron chi connectivity index (χ4n) is 2.83. The molecular weight excluding hydrogens is 234 g/mol. The number of nitrogens with one attached hydrogen (secondary N) is 1. The van der Waals surface area contributed by atoms with Crippen LogP contribution in [0.4, 0.5) is 0 Å². The Bertz CT molecular complexity index is 566. The van der Waals surface area contributed by atoms with Gasteiger partial charge in [-0.2, -0.15) is 0 Å². The first-order valence-electron chi connectivity index (χ1n) is 7.18. The molecule has 0 bridgehead atoms. The Hall–Kier alpha value is -1.32. The van der Waals surface area contributed by atoms with E-state index in [-0.39, 0.29) is 0 Å². The molecule has 0 saturated heterocycles. The lowest BCUT2D eigenvalue weighted by Crippen LogP contribution is -2.30. The number of hydrogen-bond donors (Lipinski definition) is 2. The van der Waals surface area contributed by atoms with E-state index in [0.717, 1.165) is 26.1 Å². The van der Waals surface area contributed by atoms with Gasteiger partial charge in [-0.3, -0.25) is 0 Å². The summed E-state index contributed by atoms with van der Waals surface area (Å²) < 4.78 is 2.22. The van der Waals surface area contributed by atoms with Crippen molar-refractivity contribution in [2.75, 3.05) is 19.6 Å². The molecule has 0 aliphatic heterocycles. The van der Waals surface area contributed by atoms with Gasteiger partial charge in [0.2, 0.25) is 0 Å². The van der Waals surface area contributed by atoms with Gasteiger partial charge in [0.05, 0.1) is 0 Å². The summed E-state index contributed by atoms with van der Waals surface area (Å²) in [5.74, 6) is 0. The molecule has 1 heterocycles. The molecule has 1 saturated carbocycles. The molecule has 3 heteroatoms. The lowest BCUT2D eigenvalue weighted by Gasteiger charge is -2.12. The van der Waals surface area contributed by atoms with Crippen molar-refractivity contribution in [2.24, 2.45) is 18.2 Å². The highest BCUT2D eigenvalue weighted by atomic mass is 14.9. The fourth-order valence-corrected chi connectivity index (χ4v) is 2.83. The second kappa shape index (κ2) is 4.99. The zero-order valence-corrected chi connectivity index (χ0v) is 11.7. The average Bonchev–Trinajstić information content (AvgIpc) is 3.16. The third-order valence-corrected chi connectivity index (χ3v) is 4.44. The van der Waals surface area contributed by atoms with Crippen LogP contribution in [0, 0.1) is 5.41 Å². The van der Waals surface area contributed by atoms with Crippen LogP contribution in [0.15, 0.2) is 30.5 Å². The van der Waals surface area contributed by atoms with Crippen LogP contribution >= 0.6 is 0 Å². The third-order valence-electron chi connectivity index (χ3n) is 4.44. The molecule has 0 spiro atoms. The molecule has 1 aromatic heterocycles. The van der Waals surface area contributed by atoms with Crippen LogP contribution < -0.4 is 11.1 Å². The zero-order chi connectivity index (χ0) is 13.3. The fraction of sp³-hybridized carbons (Fsp3) is 0.500. The van der Waals surface area contributed by atoms with Crippen LogP contribution in [0.1, 0.15) is 18.4 Å². The van der Waals surface area contributed by atoms with Crippen molar-refractivity contribution in [3.8, 4) is 0 Å². The monoisotopic (exact) mass is 257 g/mol. The Morgan fingerprint density at radius 2 is 2.11 bits per heavy atom. The van der Waals surface area contributed by atoms with Gasteiger partial charge in [-0.15, -0.1) is 0 Å². The molecule has 0 unspecified atom stereocenters. The number of aromatic nitrogens is 1. The minimum Gasteiger partial charge on any atom is -0.350 e. The molecule has 2 aromatic rings. The number of nitrogens with two attached hydrogens (primary N) is 1. The van der Waals surface area contributed by atoms with Crippen molar-refractivity contribution in [3.05, 3.63) is 36.0 Å². The summed E-state index contributed by atoms with van der Waals surface area (Å²) in [5.41, 5.74) is 8.98. The number of benzene rings is 1. The minimum atomic E-state index is 0.429. The Labute approximate surface area is 114 Å². The lowest BCUT2D eigenvalue weighted by atomic mass is 10.1. The Morgan fingerprint density at radius 3 is 2.84 bits per heavy atom. The number of hydrogen-bond acceptors (Lipinski definition) is 2. The number of nitrogens with zero attached hydrogens (tertiary/aromatic N) is 1. The van der Waals surface area contributed by atoms with Crippen LogP contribution in [0.5, 0.6) is 0 Å². The number of para-hydroxylation sites is 1. The molecule has 0 atom stereocenters. The molecule has 3 rings (SSSR count). The first kappa shape index (κ1) is 12.7. The van der Waals surface area contributed by atoms with E-state index in [0.29, 0.717) is 5.41 Å². The predicted octanol–water partition coefficient (Wildman–Crippen LogP) is 2.05. The molecule has 1 aliphatic rings. The van der Waals surface area contributed by atoms with Crippen LogP contribution in [0.25, 0.3) is 10.9 Å². The smallest absolute Gasteiger partial charge is 0.0480 e. The molecule has 1 aromatic carbocycles. The van der Waals surface area contributed by atoms with Gasteiger partial charge in [-0.05, 0) is 49.4 Å². The van der Waals surface area contributed by atoms with Gasteiger partial charge in [-0.1, -0.05) is 18.2 Å². The van der Waals surface area contributed by atoms with Crippen LogP contribution in [0.3, 0.4) is 0 Å². The molecular formula is C16H23N3. The normalized spacial score (nSPS) is 16.9. The summed E-state index contributed by atoms with van der Waals surface area (Å²) in [7, 11) is 2.12. The summed E-state index contributed by atoms with van der Waals surface area (Å²) in [6.07, 6.45) is 5.93. The van der Waals surface area contributed by atoms with E-state index in [2.05, 4.69) is 47.4 Å². The van der Waals surface area contributed by atoms with E-state index >= 15 is 0 Å². The number of fused-ring (bicyclic) bond motifs is 1. The summed E-state index contributed by atoms with van der Waals surface area (Å²) in [5, 5.41) is 4.95. The predicted molar refractivity (Wildman–Crippen MR) is 80.2 cm³/mol. The largest absolute Gasteiger partial charge is 0.350 e. The quantitative estimate of drug-likeness (QED) is 0.778. The molecule has 1 fully saturated rings. The molecule has 3 N–H and O–H groups in total. The van der Waals surface area contributed by atoms with Gasteiger partial charge in [0.25, 0.3) is 0 Å². The SMILES string of the molecule is Cn1cc(CCNCC2(CN)CC2)c2ccccc21. The lowest BCUT2D eigenvalue weighted by molar-refractivity contribution is 0.470. The van der Waals surface area contributed by atoms with Crippen LogP contribution in [-0.4, -0.2) is 24.2 Å². The highest BCUT2D eigenvalue weighted by Crippen LogP contribution is 2.43. The van der Waals surface area contributed by atoms with E-state index in [1.54, 1.807) is 0 Å². The molecule has 0 radical (unpaired) electrons. The molecule has 102 valence electrons. The summed E-state index contributed by atoms with van der Waals surface area (Å²) >= 11 is 0. The van der Waals surface area contributed by atoms with Crippen LogP contribution in [0.2, 0.25) is 0 Å². The maximum Gasteiger partial charge on any atom is 0.0480 e. The van der Waals surface area contributed by atoms with Crippen molar-refractivity contribution < 1.29 is 0 Å². The van der Waals surface area contributed by atoms with Gasteiger partial charge >= 0.3 is 0 Å². The molecule has 0 amide bonds. The van der Waals surface area contributed by atoms with E-state index in [4.69, 9.17) is 5.73 Å². The zero-order valence-electron chi connectivity index (χ0n) is 11.7. The van der Waals surface area contributed by atoms with E-state index in [9.17, 15) is 0 Å². The summed E-state index contributed by atoms with van der Waals surface area (Å²) in [6, 6.07) is 8.61. The van der Waals surface area contributed by atoms with Gasteiger partial charge in [0.1, 0.15) is 0 Å². The van der Waals surface area contributed by atoms with Gasteiger partial charge in [0.15, 0.2) is 0 Å². The van der Waals surface area contributed by atoms with Gasteiger partial charge in [0, 0.05) is 30.7 Å². The Morgan fingerprint density at radius 1 is 1.32 bits per heavy atom. The number of aryl methyl sites for hydroxylation is 1. The summed E-state index contributed by atoms with van der Waals surface area (Å²) in [6.45, 7) is 2.94. The maximum absolute atomic E-state index is 5.80. The highest BCUT2D eigenvalue weighted by molar-refractivity contribution is 5.83. The van der Waals surface area contributed by atoms with Crippen molar-refractivity contribution in [1.29, 1.82) is 0 Å². The Balaban J connectivity index is 1.59. The molecule has 3 nitrogen and oxygen atoms in total. The summed E-state index contributed by atoms with van der Waals surface area (Å²) in [4.78, 5) is 0. The average molecular weight is 257 g/mol. The van der Waals surface area contributed by atoms with E-state index < -0.39 is 0 Å². The van der Waals surface area contributed by atoms with Crippen LogP contribution in [-0.2, 0) is 13.5 Å². The Kier molecular flexibility index (Phi) is 3.33. The first-order chi connectivity index (χ1) is 9.24. The van der Waals surface area contributed by atoms with Gasteiger partial charge < -0.3 is 15.6 Å². The van der Waals surface area contributed by atoms with Gasteiger partial charge in [-0.25, -0.2) is 0 Å². The standard InChI is InChI=1S/C16H23N3/c1-19-10-13(14-4-2-3-5-15(14)19)6-9-18-12-16(11-17)7-8-16/h2-5,10,18H,6-9,11-12,17H2,1H3. The first-order valence-corrected chi connectivity index (χ1v) is 7.18. The van der Waals surface area contributed by atoms with Crippen molar-refractivity contribution >= 4 is 10.9 Å². The second-order valence-corrected chi connectivity index (χ2v) is 5.91. The topological polar surface area (TPSA) is 43.0 Å². The van der Waals surface area contributed by atoms with Crippen molar-refractivity contribution in [1.82, 2.24) is 9.88 Å². The maximum atomic E-state index is 5.80. The highest BCUT2D eigenvalue weighted by Gasteiger charge is 2.40. The van der Waals surface area contributed by atoms with Crippen molar-refractivity contribution in [2.45, 2.75) is 19.3 Å². The minimum absolute atomic E-state index is 0.429. The van der Waals surface area contributed by atoms with E-state index in [1.165, 1.54) is 29.3 Å². The van der Waals surface area contributed by atoms with Crippen molar-refractivity contribution in [3.63, 3.8) is 0 Å². The number of rotatable bonds is 6. The molecule has 19 heavy (non-hydrogen) atoms. The molecule has 1 aliphatic carbocycles. The third kappa shape index (κ3) is 2.53. The second-order valence-electron chi connectivity index (χ2n) is 5.91. The van der Waals surface area contributed by atoms with E-state index in [1.807, 2.05) is 0 Å².